The molecule has 0 aliphatic carbocycles. The van der Waals surface area contributed by atoms with E-state index in [2.05, 4.69) is 25.3 Å². The summed E-state index contributed by atoms with van der Waals surface area (Å²) in [4.78, 5) is 1.23. The first-order chi connectivity index (χ1) is 21.8. The summed E-state index contributed by atoms with van der Waals surface area (Å²) in [7, 11) is 0. The van der Waals surface area contributed by atoms with Crippen LogP contribution in [0.3, 0.4) is 0 Å². The summed E-state index contributed by atoms with van der Waals surface area (Å²) >= 11 is -16.2. The molecule has 284 valence electrons. The molecule has 0 unspecified atom stereocenters. The van der Waals surface area contributed by atoms with Gasteiger partial charge in [-0.25, -0.2) is 43.9 Å². The van der Waals surface area contributed by atoms with E-state index in [9.17, 15) is 77.7 Å². The predicted molar refractivity (Wildman–Crippen MR) is 145 cm³/mol. The molecule has 0 saturated heterocycles. The second kappa shape index (κ2) is 13.9. The molecule has 26 heteroatoms. The fourth-order valence-corrected chi connectivity index (χ4v) is 3.32. The third-order valence-corrected chi connectivity index (χ3v) is 5.43. The fourth-order valence-electron chi connectivity index (χ4n) is 2.99. The van der Waals surface area contributed by atoms with Crippen LogP contribution in [0.2, 0.25) is 0 Å². The van der Waals surface area contributed by atoms with Gasteiger partial charge in [-0.2, -0.15) is 0 Å². The number of benzene rings is 4. The van der Waals surface area contributed by atoms with Crippen LogP contribution in [0.25, 0.3) is 22.3 Å². The first kappa shape index (κ1) is 45.7. The van der Waals surface area contributed by atoms with E-state index >= 15 is 0 Å². The topological polar surface area (TPSA) is 0 Å². The van der Waals surface area contributed by atoms with E-state index in [1.54, 1.807) is 0 Å². The molecule has 0 spiro atoms. The molecule has 0 N–H and O–H groups in total. The van der Waals surface area contributed by atoms with Gasteiger partial charge in [-0.15, -0.1) is 0 Å². The van der Waals surface area contributed by atoms with Crippen molar-refractivity contribution in [2.45, 2.75) is 9.79 Å². The Kier molecular flexibility index (Phi) is 12.7. The van der Waals surface area contributed by atoms with Gasteiger partial charge in [0.25, 0.3) is 0 Å². The van der Waals surface area contributed by atoms with Crippen LogP contribution in [-0.4, -0.2) is 39.0 Å². The third kappa shape index (κ3) is 16.8. The van der Waals surface area contributed by atoms with Crippen LogP contribution in [0.5, 0.6) is 0 Å². The van der Waals surface area contributed by atoms with Crippen molar-refractivity contribution in [3.05, 3.63) is 107 Å². The second-order valence-corrected chi connectivity index (χ2v) is 21.1. The van der Waals surface area contributed by atoms with Crippen molar-refractivity contribution < 1.29 is 77.7 Å². The predicted octanol–water partition coefficient (Wildman–Crippen LogP) is 11.1. The first-order valence-corrected chi connectivity index (χ1v) is 24.1. The van der Waals surface area contributed by atoms with Crippen LogP contribution in [0.1, 0.15) is 0 Å². The van der Waals surface area contributed by atoms with Crippen molar-refractivity contribution in [2.24, 2.45) is 0 Å². The summed E-state index contributed by atoms with van der Waals surface area (Å²) in [6, 6.07) is 10.7. The molecule has 4 aromatic carbocycles. The minimum atomic E-state index is -11.2. The molecule has 0 nitrogen and oxygen atoms in total. The number of rotatable bonds is 2. The Labute approximate surface area is 279 Å². The summed E-state index contributed by atoms with van der Waals surface area (Å²) in [5.74, 6) is -19.5. The molecule has 4 aromatic rings. The Morgan fingerprint density at radius 2 is 0.420 bits per heavy atom. The normalized spacial score (nSPS) is 14.2. The molecule has 0 aliphatic rings. The van der Waals surface area contributed by atoms with E-state index in [1.165, 1.54) is 48.5 Å². The molecule has 50 heavy (non-hydrogen) atoms. The number of hydrogen-bond donors (Lipinski definition) is 0. The zero-order valence-corrected chi connectivity index (χ0v) is 29.9. The van der Waals surface area contributed by atoms with Crippen molar-refractivity contribution in [1.82, 2.24) is 0 Å². The van der Waals surface area contributed by atoms with Gasteiger partial charge < -0.3 is 0 Å². The van der Waals surface area contributed by atoms with Crippen molar-refractivity contribution in [3.8, 4) is 22.3 Å². The molecule has 0 atom stereocenters. The van der Waals surface area contributed by atoms with E-state index < -0.39 is 108 Å². The van der Waals surface area contributed by atoms with Crippen LogP contribution in [0.15, 0.2) is 58.3 Å². The Bertz CT molecular complexity index is 1650. The summed E-state index contributed by atoms with van der Waals surface area (Å²) in [6.45, 7) is 0. The van der Waals surface area contributed by atoms with Crippen LogP contribution < -0.4 is 0 Å². The Hall–Kier alpha value is -2.32. The molecule has 0 aromatic heterocycles. The number of halogens is 22. The van der Waals surface area contributed by atoms with Crippen LogP contribution >= 0.6 is 0 Å². The van der Waals surface area contributed by atoms with E-state index in [0.29, 0.717) is 9.79 Å². The zero-order valence-electron chi connectivity index (χ0n) is 22.8. The van der Waals surface area contributed by atoms with Crippen molar-refractivity contribution in [2.75, 3.05) is 0 Å². The average Bonchev–Trinajstić information content (AvgIpc) is 2.92. The van der Waals surface area contributed by atoms with Crippen molar-refractivity contribution >= 4 is 64.2 Å². The van der Waals surface area contributed by atoms with Gasteiger partial charge in [0, 0.05) is 0 Å². The van der Waals surface area contributed by atoms with E-state index in [0.717, 1.165) is 0 Å². The first-order valence-electron chi connectivity index (χ1n) is 11.6. The van der Waals surface area contributed by atoms with Crippen LogP contribution in [0, 0.1) is 58.2 Å². The number of hydrogen-bond acceptors (Lipinski definition) is 0. The van der Waals surface area contributed by atoms with Crippen LogP contribution in [0.4, 0.5) is 77.7 Å². The molecular formula is C24H12F22S2Sb2. The molecular weight excluding hydrogens is 1010 g/mol. The summed E-state index contributed by atoms with van der Waals surface area (Å²) in [5, 5.41) is 0. The molecule has 0 bridgehead atoms. The van der Waals surface area contributed by atoms with Gasteiger partial charge in [-0.1, -0.05) is 0 Å². The summed E-state index contributed by atoms with van der Waals surface area (Å²) in [5.41, 5.74) is -2.05. The van der Waals surface area contributed by atoms with Gasteiger partial charge in [0.1, 0.15) is 9.79 Å². The van der Waals surface area contributed by atoms with Gasteiger partial charge in [-0.3, -0.25) is 0 Å². The fraction of sp³-hybridized carbons (Fsp3) is 0. The molecule has 0 radical (unpaired) electrons. The molecule has 0 saturated carbocycles. The maximum atomic E-state index is 13.5. The maximum absolute atomic E-state index is 13.5. The average molecular weight is 1030 g/mol. The Morgan fingerprint density at radius 1 is 0.280 bits per heavy atom. The monoisotopic (exact) mass is 1020 g/mol. The van der Waals surface area contributed by atoms with E-state index in [-0.39, 0.29) is 11.1 Å². The summed E-state index contributed by atoms with van der Waals surface area (Å²) < 4.78 is 251. The van der Waals surface area contributed by atoms with Gasteiger partial charge in [0.2, 0.25) is 11.6 Å². The standard InChI is InChI=1S/2C12H5F5S.12FH.2Sb/c2*13-8-7(5-1-3-6(18)4-2-5)9(14)11(16)12(17)10(8)15;;;;;;;;;;;;;;/h2*1-4,18H;12*1H;;/q;;;;;;;;;;;;;;2*+5/p-10. The van der Waals surface area contributed by atoms with Crippen LogP contribution in [-0.2, 0) is 25.3 Å². The molecule has 0 amide bonds. The third-order valence-electron chi connectivity index (χ3n) is 4.77. The van der Waals surface area contributed by atoms with Gasteiger partial charge in [-0.05, 0) is 84.9 Å². The SMILES string of the molecule is Fc1c(F)c(F)c(-c2ccc([SH2+])cc2)c(F)c1F.Fc1c(F)c(F)c(-c2ccc([SH2+])cc2)c(F)c1F.[F][Sb-]([F])([F])([F])([F])[F].[F][Sb-]([F])([F])([F])([F])[F]. The van der Waals surface area contributed by atoms with E-state index in [4.69, 9.17) is 0 Å². The molecule has 0 heterocycles. The van der Waals surface area contributed by atoms with Gasteiger partial charge in [0.05, 0.1) is 11.1 Å². The van der Waals surface area contributed by atoms with Gasteiger partial charge in [0.15, 0.2) is 46.5 Å². The van der Waals surface area contributed by atoms with Crippen molar-refractivity contribution in [3.63, 3.8) is 0 Å². The zero-order chi connectivity index (χ0) is 39.7. The quantitative estimate of drug-likeness (QED) is 0.0617. The van der Waals surface area contributed by atoms with Crippen molar-refractivity contribution in [1.29, 1.82) is 0 Å². The van der Waals surface area contributed by atoms with E-state index in [1.807, 2.05) is 0 Å². The molecule has 0 fully saturated rings. The second-order valence-electron chi connectivity index (χ2n) is 8.96. The Balaban J connectivity index is 0.000000367. The summed E-state index contributed by atoms with van der Waals surface area (Å²) in [6.07, 6.45) is 0. The minimum absolute atomic E-state index is 0.0928. The molecule has 4 rings (SSSR count). The Morgan fingerprint density at radius 3 is 0.580 bits per heavy atom. The molecule has 0 aliphatic heterocycles. The van der Waals surface area contributed by atoms with Gasteiger partial charge >= 0.3 is 72.7 Å².